The number of amides is 1. The van der Waals surface area contributed by atoms with Gasteiger partial charge in [-0.1, -0.05) is 38.1 Å². The summed E-state index contributed by atoms with van der Waals surface area (Å²) < 4.78 is 44.2. The van der Waals surface area contributed by atoms with E-state index in [1.54, 1.807) is 60.7 Å². The number of ether oxygens (including phenoxy) is 2. The fourth-order valence-corrected chi connectivity index (χ4v) is 5.06. The Morgan fingerprint density at radius 3 is 2.29 bits per heavy atom. The molecule has 0 aliphatic carbocycles. The van der Waals surface area contributed by atoms with Crippen molar-refractivity contribution < 1.29 is 32.3 Å². The second kappa shape index (κ2) is 13.0. The van der Waals surface area contributed by atoms with Crippen molar-refractivity contribution in [3.05, 3.63) is 107 Å². The molecule has 1 heterocycles. The Morgan fingerprint density at radius 2 is 1.67 bits per heavy atom. The number of hydrogen-bond donors (Lipinski definition) is 1. The number of carbonyl (C=O) groups is 2. The zero-order valence-corrected chi connectivity index (χ0v) is 25.0. The third-order valence-corrected chi connectivity index (χ3v) is 7.37. The van der Waals surface area contributed by atoms with Crippen LogP contribution in [0, 0.1) is 23.0 Å². The molecule has 0 fully saturated rings. The topological polar surface area (TPSA) is 114 Å². The van der Waals surface area contributed by atoms with Gasteiger partial charge >= 0.3 is 5.97 Å². The van der Waals surface area contributed by atoms with Gasteiger partial charge in [-0.2, -0.15) is 5.26 Å². The Kier molecular flexibility index (Phi) is 8.91. The van der Waals surface area contributed by atoms with Crippen LogP contribution in [0.25, 0.3) is 33.7 Å². The molecule has 45 heavy (non-hydrogen) atoms. The largest absolute Gasteiger partial charge is 0.493 e. The summed E-state index contributed by atoms with van der Waals surface area (Å²) in [6.45, 7) is 4.02. The van der Waals surface area contributed by atoms with Crippen LogP contribution in [-0.2, 0) is 16.0 Å². The maximum atomic E-state index is 14.2. The molecule has 5 aromatic rings. The van der Waals surface area contributed by atoms with Crippen LogP contribution >= 0.6 is 0 Å². The number of oxazole rings is 1. The molecule has 1 atom stereocenters. The molecule has 5 rings (SSSR count). The first-order valence-electron chi connectivity index (χ1n) is 14.1. The van der Waals surface area contributed by atoms with Crippen LogP contribution in [0.2, 0.25) is 0 Å². The standard InChI is InChI=1S/C35H29F2N3O5/c1-19(2)26-13-21(18-38)15-29-32(26)45-34(40-29)24-11-9-23(10-12-24)33(41)39-30(35(42)44-4)14-20-5-7-22(8-6-20)27-16-25(36)17-28(37)31(27)43-3/h5-13,15-17,19,30H,14H2,1-4H3,(H,39,41)/t30-/m0/s1. The van der Waals surface area contributed by atoms with Crippen LogP contribution in [-0.4, -0.2) is 37.1 Å². The predicted octanol–water partition coefficient (Wildman–Crippen LogP) is 6.96. The summed E-state index contributed by atoms with van der Waals surface area (Å²) in [6, 6.07) is 19.8. The monoisotopic (exact) mass is 609 g/mol. The molecule has 0 bridgehead atoms. The number of nitrogens with zero attached hydrogens (tertiary/aromatic N) is 2. The number of fused-ring (bicyclic) bond motifs is 1. The average molecular weight is 610 g/mol. The van der Waals surface area contributed by atoms with Gasteiger partial charge in [-0.15, -0.1) is 0 Å². The quantitative estimate of drug-likeness (QED) is 0.180. The lowest BCUT2D eigenvalue weighted by Gasteiger charge is -2.17. The molecule has 1 N–H and O–H groups in total. The highest BCUT2D eigenvalue weighted by Gasteiger charge is 2.24. The van der Waals surface area contributed by atoms with Crippen molar-refractivity contribution in [1.29, 1.82) is 5.26 Å². The van der Waals surface area contributed by atoms with Crippen LogP contribution < -0.4 is 10.1 Å². The molecule has 0 aliphatic rings. The van der Waals surface area contributed by atoms with E-state index in [9.17, 15) is 23.6 Å². The summed E-state index contributed by atoms with van der Waals surface area (Å²) in [4.78, 5) is 30.3. The first-order chi connectivity index (χ1) is 21.6. The van der Waals surface area contributed by atoms with E-state index in [4.69, 9.17) is 13.9 Å². The maximum Gasteiger partial charge on any atom is 0.328 e. The van der Waals surface area contributed by atoms with Crippen LogP contribution in [0.5, 0.6) is 5.75 Å². The molecule has 1 amide bonds. The van der Waals surface area contributed by atoms with Crippen molar-refractivity contribution >= 4 is 23.0 Å². The molecule has 10 heteroatoms. The minimum absolute atomic E-state index is 0.0839. The Labute approximate surface area is 258 Å². The Morgan fingerprint density at radius 1 is 0.978 bits per heavy atom. The molecule has 0 unspecified atom stereocenters. The second-order valence-corrected chi connectivity index (χ2v) is 10.7. The number of hydrogen-bond acceptors (Lipinski definition) is 7. The molecule has 0 saturated carbocycles. The third-order valence-electron chi connectivity index (χ3n) is 7.37. The molecule has 1 aromatic heterocycles. The number of nitriles is 1. The lowest BCUT2D eigenvalue weighted by molar-refractivity contribution is -0.142. The lowest BCUT2D eigenvalue weighted by Crippen LogP contribution is -2.43. The van der Waals surface area contributed by atoms with Gasteiger partial charge in [0.2, 0.25) is 5.89 Å². The molecular formula is C35H29F2N3O5. The summed E-state index contributed by atoms with van der Waals surface area (Å²) in [5, 5.41) is 12.1. The highest BCUT2D eigenvalue weighted by molar-refractivity contribution is 5.97. The number of halogens is 2. The minimum Gasteiger partial charge on any atom is -0.493 e. The van der Waals surface area contributed by atoms with Gasteiger partial charge in [-0.05, 0) is 59.5 Å². The van der Waals surface area contributed by atoms with E-state index in [1.807, 2.05) is 13.8 Å². The van der Waals surface area contributed by atoms with Crippen LogP contribution in [0.15, 0.2) is 77.2 Å². The fourth-order valence-electron chi connectivity index (χ4n) is 5.06. The Balaban J connectivity index is 1.32. The highest BCUT2D eigenvalue weighted by atomic mass is 19.1. The number of carbonyl (C=O) groups excluding carboxylic acids is 2. The first kappa shape index (κ1) is 30.9. The Bertz CT molecular complexity index is 1930. The molecule has 0 radical (unpaired) electrons. The van der Waals surface area contributed by atoms with Crippen LogP contribution in [0.4, 0.5) is 8.78 Å². The van der Waals surface area contributed by atoms with Crippen molar-refractivity contribution in [1.82, 2.24) is 10.3 Å². The van der Waals surface area contributed by atoms with E-state index in [-0.39, 0.29) is 23.7 Å². The minimum atomic E-state index is -1.00. The molecule has 0 aliphatic heterocycles. The number of rotatable bonds is 9. The van der Waals surface area contributed by atoms with E-state index in [2.05, 4.69) is 16.4 Å². The number of aromatic nitrogens is 1. The zero-order valence-electron chi connectivity index (χ0n) is 25.0. The molecule has 228 valence electrons. The van der Waals surface area contributed by atoms with Gasteiger partial charge in [0.1, 0.15) is 17.4 Å². The number of benzene rings is 4. The van der Waals surface area contributed by atoms with Gasteiger partial charge in [0.05, 0.1) is 25.9 Å². The molecule has 0 saturated heterocycles. The Hall–Kier alpha value is -5.56. The van der Waals surface area contributed by atoms with Gasteiger partial charge in [0, 0.05) is 34.7 Å². The van der Waals surface area contributed by atoms with Crippen LogP contribution in [0.3, 0.4) is 0 Å². The molecule has 4 aromatic carbocycles. The summed E-state index contributed by atoms with van der Waals surface area (Å²) >= 11 is 0. The number of esters is 1. The first-order valence-corrected chi connectivity index (χ1v) is 14.1. The van der Waals surface area contributed by atoms with Gasteiger partial charge in [0.25, 0.3) is 5.91 Å². The van der Waals surface area contributed by atoms with Crippen molar-refractivity contribution in [3.63, 3.8) is 0 Å². The van der Waals surface area contributed by atoms with Gasteiger partial charge in [0.15, 0.2) is 17.1 Å². The number of methoxy groups -OCH3 is 2. The zero-order chi connectivity index (χ0) is 32.2. The van der Waals surface area contributed by atoms with E-state index in [1.165, 1.54) is 20.3 Å². The number of nitrogens with one attached hydrogen (secondary N) is 1. The third kappa shape index (κ3) is 6.53. The van der Waals surface area contributed by atoms with Crippen LogP contribution in [0.1, 0.15) is 46.8 Å². The van der Waals surface area contributed by atoms with E-state index in [0.717, 1.165) is 11.6 Å². The molecule has 0 spiro atoms. The summed E-state index contributed by atoms with van der Waals surface area (Å²) in [5.74, 6) is -2.30. The second-order valence-electron chi connectivity index (χ2n) is 10.7. The van der Waals surface area contributed by atoms with E-state index < -0.39 is 29.6 Å². The average Bonchev–Trinajstić information content (AvgIpc) is 3.47. The normalized spacial score (nSPS) is 11.7. The van der Waals surface area contributed by atoms with Crippen molar-refractivity contribution in [2.24, 2.45) is 0 Å². The van der Waals surface area contributed by atoms with Crippen molar-refractivity contribution in [3.8, 4) is 34.4 Å². The van der Waals surface area contributed by atoms with E-state index >= 15 is 0 Å². The van der Waals surface area contributed by atoms with Gasteiger partial charge < -0.3 is 19.2 Å². The smallest absolute Gasteiger partial charge is 0.328 e. The fraction of sp³-hybridized carbons (Fsp3) is 0.200. The van der Waals surface area contributed by atoms with Gasteiger partial charge in [-0.3, -0.25) is 4.79 Å². The summed E-state index contributed by atoms with van der Waals surface area (Å²) in [7, 11) is 2.53. The SMILES string of the molecule is COC(=O)[C@H](Cc1ccc(-c2cc(F)cc(F)c2OC)cc1)NC(=O)c1ccc(-c2nc3cc(C#N)cc(C(C)C)c3o2)cc1. The van der Waals surface area contributed by atoms with E-state index in [0.29, 0.717) is 44.8 Å². The molecular weight excluding hydrogens is 580 g/mol. The maximum absolute atomic E-state index is 14.2. The lowest BCUT2D eigenvalue weighted by atomic mass is 9.99. The predicted molar refractivity (Wildman–Crippen MR) is 164 cm³/mol. The van der Waals surface area contributed by atoms with Crippen molar-refractivity contribution in [2.45, 2.75) is 32.2 Å². The van der Waals surface area contributed by atoms with Crippen molar-refractivity contribution in [2.75, 3.05) is 14.2 Å². The summed E-state index contributed by atoms with van der Waals surface area (Å²) in [5.41, 5.74) is 4.93. The van der Waals surface area contributed by atoms with Gasteiger partial charge in [-0.25, -0.2) is 18.6 Å². The summed E-state index contributed by atoms with van der Waals surface area (Å²) in [6.07, 6.45) is 0.108. The molecule has 8 nitrogen and oxygen atoms in total. The highest BCUT2D eigenvalue weighted by Crippen LogP contribution is 2.34.